The van der Waals surface area contributed by atoms with E-state index in [-0.39, 0.29) is 0 Å². The van der Waals surface area contributed by atoms with Crippen LogP contribution < -0.4 is 0 Å². The maximum absolute atomic E-state index is 4.33. The monoisotopic (exact) mass is 329 g/mol. The minimum absolute atomic E-state index is 0.741. The van der Waals surface area contributed by atoms with Crippen molar-refractivity contribution in [2.24, 2.45) is 34.5 Å². The van der Waals surface area contributed by atoms with Gasteiger partial charge in [0.15, 0.2) is 0 Å². The first-order chi connectivity index (χ1) is 11.6. The Kier molecular flexibility index (Phi) is 4.51. The highest BCUT2D eigenvalue weighted by Crippen LogP contribution is 2.66. The first kappa shape index (κ1) is 16.7. The second-order valence-corrected chi connectivity index (χ2v) is 9.68. The van der Waals surface area contributed by atoms with Crippen LogP contribution in [0.2, 0.25) is 0 Å². The molecule has 6 atom stereocenters. The Morgan fingerprint density at radius 3 is 2.54 bits per heavy atom. The summed E-state index contributed by atoms with van der Waals surface area (Å²) in [4.78, 5) is 0. The van der Waals surface area contributed by atoms with Crippen molar-refractivity contribution in [2.75, 3.05) is 0 Å². The Morgan fingerprint density at radius 2 is 1.79 bits per heavy atom. The Labute approximate surface area is 147 Å². The zero-order valence-corrected chi connectivity index (χ0v) is 15.7. The molecule has 4 fully saturated rings. The highest BCUT2D eigenvalue weighted by Gasteiger charge is 2.56. The molecule has 4 saturated carbocycles. The van der Waals surface area contributed by atoms with Gasteiger partial charge in [0.2, 0.25) is 0 Å². The highest BCUT2D eigenvalue weighted by atomic mass is 16.5. The molecule has 24 heavy (non-hydrogen) atoms. The molecule has 4 aliphatic rings. The third kappa shape index (κ3) is 2.74. The fourth-order valence-corrected chi connectivity index (χ4v) is 7.46. The quantitative estimate of drug-likeness (QED) is 0.544. The topological polar surface area (TPSA) is 26.0 Å². The molecule has 0 aliphatic heterocycles. The van der Waals surface area contributed by atoms with Crippen LogP contribution in [0.4, 0.5) is 0 Å². The molecule has 1 aromatic heterocycles. The summed E-state index contributed by atoms with van der Waals surface area (Å²) in [6.45, 7) is 5.33. The lowest BCUT2D eigenvalue weighted by Gasteiger charge is -2.60. The average molecular weight is 330 g/mol. The molecule has 0 spiro atoms. The Morgan fingerprint density at radius 1 is 0.875 bits per heavy atom. The van der Waals surface area contributed by atoms with Gasteiger partial charge in [0.05, 0.1) is 6.20 Å². The Hall–Kier alpha value is -0.790. The molecule has 0 aromatic carbocycles. The molecule has 4 aliphatic carbocycles. The van der Waals surface area contributed by atoms with Gasteiger partial charge >= 0.3 is 0 Å². The van der Waals surface area contributed by atoms with Crippen LogP contribution in [0.5, 0.6) is 0 Å². The van der Waals surface area contributed by atoms with E-state index in [1.807, 2.05) is 0 Å². The molecule has 2 heteroatoms. The maximum atomic E-state index is 4.33. The first-order valence-electron chi connectivity index (χ1n) is 10.5. The van der Waals surface area contributed by atoms with Crippen molar-refractivity contribution in [2.45, 2.75) is 84.5 Å². The molecule has 0 unspecified atom stereocenters. The van der Waals surface area contributed by atoms with Gasteiger partial charge in [0, 0.05) is 0 Å². The normalized spacial score (nSPS) is 46.9. The number of rotatable bonds is 0. The minimum Gasteiger partial charge on any atom is -0.365 e. The van der Waals surface area contributed by atoms with Gasteiger partial charge < -0.3 is 4.52 Å². The minimum atomic E-state index is 0.741. The lowest BCUT2D eigenvalue weighted by atomic mass is 9.45. The number of fused-ring (bicyclic) bond motifs is 5. The van der Waals surface area contributed by atoms with Crippen LogP contribution in [0.3, 0.4) is 0 Å². The second kappa shape index (κ2) is 6.50. The van der Waals surface area contributed by atoms with Crippen LogP contribution in [0.15, 0.2) is 23.0 Å². The summed E-state index contributed by atoms with van der Waals surface area (Å²) < 4.78 is 4.33. The van der Waals surface area contributed by atoms with Crippen LogP contribution in [-0.2, 0) is 0 Å². The third-order valence-electron chi connectivity index (χ3n) is 8.71. The van der Waals surface area contributed by atoms with Gasteiger partial charge in [-0.25, -0.2) is 0 Å². The molecule has 0 amide bonds. The lowest BCUT2D eigenvalue weighted by Crippen LogP contribution is -2.51. The van der Waals surface area contributed by atoms with Crippen LogP contribution in [0.1, 0.15) is 84.5 Å². The zero-order chi connectivity index (χ0) is 16.6. The van der Waals surface area contributed by atoms with Crippen molar-refractivity contribution >= 4 is 0 Å². The predicted octanol–water partition coefficient (Wildman–Crippen LogP) is 6.48. The maximum Gasteiger partial charge on any atom is 0.123 e. The van der Waals surface area contributed by atoms with E-state index >= 15 is 0 Å². The SMILES string of the molecule is C[C@@]12CCC[C@H]1[C@@H]1CC[C@H]3CCCC[C@]3(C)[C@H]1CC2.c1cnoc1. The van der Waals surface area contributed by atoms with Crippen molar-refractivity contribution in [3.63, 3.8) is 0 Å². The van der Waals surface area contributed by atoms with Crippen molar-refractivity contribution in [1.29, 1.82) is 0 Å². The van der Waals surface area contributed by atoms with E-state index in [0.29, 0.717) is 0 Å². The molecule has 2 nitrogen and oxygen atoms in total. The van der Waals surface area contributed by atoms with Gasteiger partial charge in [-0.2, -0.15) is 0 Å². The van der Waals surface area contributed by atoms with Crippen LogP contribution in [-0.4, -0.2) is 5.16 Å². The number of aromatic nitrogens is 1. The highest BCUT2D eigenvalue weighted by molar-refractivity contribution is 5.06. The van der Waals surface area contributed by atoms with Gasteiger partial charge in [-0.15, -0.1) is 0 Å². The second-order valence-electron chi connectivity index (χ2n) is 9.68. The molecular weight excluding hydrogens is 294 g/mol. The summed E-state index contributed by atoms with van der Waals surface area (Å²) >= 11 is 0. The van der Waals surface area contributed by atoms with Crippen molar-refractivity contribution in [3.05, 3.63) is 18.5 Å². The van der Waals surface area contributed by atoms with E-state index in [9.17, 15) is 0 Å². The molecule has 5 rings (SSSR count). The zero-order valence-electron chi connectivity index (χ0n) is 15.7. The number of nitrogens with zero attached hydrogens (tertiary/aromatic N) is 1. The fourth-order valence-electron chi connectivity index (χ4n) is 7.46. The molecule has 0 radical (unpaired) electrons. The van der Waals surface area contributed by atoms with Crippen molar-refractivity contribution in [3.8, 4) is 0 Å². The smallest absolute Gasteiger partial charge is 0.123 e. The summed E-state index contributed by atoms with van der Waals surface area (Å²) in [5, 5.41) is 3.35. The molecule has 0 N–H and O–H groups in total. The third-order valence-corrected chi connectivity index (χ3v) is 8.71. The number of hydrogen-bond donors (Lipinski definition) is 0. The largest absolute Gasteiger partial charge is 0.365 e. The standard InChI is InChI=1S/C19H32.C3H3NO/c1-18-11-5-7-16(18)15-9-8-14-6-3-4-12-19(14,2)17(15)10-13-18;1-2-4-5-3-1/h14-17H,3-13H2,1-2H3;1-3H/t14-,15+,16+,17+,18+,19+;/m1./s1. The predicted molar refractivity (Wildman–Crippen MR) is 97.5 cm³/mol. The Bertz CT molecular complexity index is 509. The van der Waals surface area contributed by atoms with Crippen LogP contribution in [0, 0.1) is 34.5 Å². The Balaban J connectivity index is 0.000000252. The summed E-state index contributed by atoms with van der Waals surface area (Å²) in [5.74, 6) is 4.41. The van der Waals surface area contributed by atoms with Gasteiger partial charge in [-0.1, -0.05) is 38.3 Å². The van der Waals surface area contributed by atoms with Crippen molar-refractivity contribution < 1.29 is 4.52 Å². The summed E-state index contributed by atoms with van der Waals surface area (Å²) in [6.07, 6.45) is 20.2. The van der Waals surface area contributed by atoms with Crippen LogP contribution >= 0.6 is 0 Å². The fraction of sp³-hybridized carbons (Fsp3) is 0.864. The van der Waals surface area contributed by atoms with Gasteiger partial charge in [0.1, 0.15) is 6.26 Å². The van der Waals surface area contributed by atoms with Gasteiger partial charge in [-0.05, 0) is 91.9 Å². The average Bonchev–Trinajstić information content (AvgIpc) is 3.26. The van der Waals surface area contributed by atoms with E-state index in [0.717, 1.165) is 34.5 Å². The summed E-state index contributed by atoms with van der Waals surface area (Å²) in [5.41, 5.74) is 1.49. The molecule has 0 saturated heterocycles. The van der Waals surface area contributed by atoms with E-state index < -0.39 is 0 Å². The van der Waals surface area contributed by atoms with Gasteiger partial charge in [-0.3, -0.25) is 0 Å². The first-order valence-corrected chi connectivity index (χ1v) is 10.5. The molecular formula is C22H35NO. The molecule has 134 valence electrons. The van der Waals surface area contributed by atoms with E-state index in [1.54, 1.807) is 63.6 Å². The molecule has 1 heterocycles. The van der Waals surface area contributed by atoms with Crippen molar-refractivity contribution in [1.82, 2.24) is 5.16 Å². The van der Waals surface area contributed by atoms with E-state index in [2.05, 4.69) is 23.5 Å². The molecule has 1 aromatic rings. The number of hydrogen-bond acceptors (Lipinski definition) is 2. The lowest BCUT2D eigenvalue weighted by molar-refractivity contribution is -0.103. The summed E-state index contributed by atoms with van der Waals surface area (Å²) in [7, 11) is 0. The molecule has 0 bridgehead atoms. The summed E-state index contributed by atoms with van der Waals surface area (Å²) in [6, 6.07) is 1.72. The van der Waals surface area contributed by atoms with E-state index in [1.165, 1.54) is 25.5 Å². The van der Waals surface area contributed by atoms with Crippen LogP contribution in [0.25, 0.3) is 0 Å². The van der Waals surface area contributed by atoms with E-state index in [4.69, 9.17) is 0 Å². The van der Waals surface area contributed by atoms with Gasteiger partial charge in [0.25, 0.3) is 0 Å².